The number of aromatic nitrogens is 3. The molecule has 0 bridgehead atoms. The molecule has 2 aromatic heterocycles. The average molecular weight is 334 g/mol. The van der Waals surface area contributed by atoms with Gasteiger partial charge in [-0.3, -0.25) is 14.5 Å². The van der Waals surface area contributed by atoms with Crippen LogP contribution in [-0.2, 0) is 6.54 Å². The number of carbonyl (C=O) groups excluding carboxylic acids is 1. The monoisotopic (exact) mass is 334 g/mol. The molecule has 0 aliphatic rings. The lowest BCUT2D eigenvalue weighted by molar-refractivity contribution is 0.0942. The molecule has 128 valence electrons. The predicted octanol–water partition coefficient (Wildman–Crippen LogP) is 3.52. The van der Waals surface area contributed by atoms with Gasteiger partial charge in [0, 0.05) is 18.9 Å². The lowest BCUT2D eigenvalue weighted by Gasteiger charge is -2.19. The van der Waals surface area contributed by atoms with Crippen LogP contribution < -0.4 is 5.32 Å². The van der Waals surface area contributed by atoms with Crippen molar-refractivity contribution in [3.63, 3.8) is 0 Å². The van der Waals surface area contributed by atoms with Crippen LogP contribution in [0.25, 0.3) is 0 Å². The SMILES string of the molecule is CCCn1cc(C(=O)N[C@H](c2cccc(C)c2)c2ccccn2)cn1. The third-order valence-corrected chi connectivity index (χ3v) is 3.98. The van der Waals surface area contributed by atoms with Crippen molar-refractivity contribution in [2.45, 2.75) is 32.9 Å². The maximum atomic E-state index is 12.7. The van der Waals surface area contributed by atoms with E-state index < -0.39 is 0 Å². The van der Waals surface area contributed by atoms with E-state index in [0.717, 1.165) is 29.8 Å². The Morgan fingerprint density at radius 3 is 2.84 bits per heavy atom. The zero-order chi connectivity index (χ0) is 17.6. The molecule has 3 rings (SSSR count). The number of carbonyl (C=O) groups is 1. The first-order valence-electron chi connectivity index (χ1n) is 8.48. The summed E-state index contributed by atoms with van der Waals surface area (Å²) in [4.78, 5) is 17.1. The molecule has 0 unspecified atom stereocenters. The maximum absolute atomic E-state index is 12.7. The molecule has 0 aliphatic heterocycles. The smallest absolute Gasteiger partial charge is 0.255 e. The molecule has 0 saturated heterocycles. The molecule has 3 aromatic rings. The van der Waals surface area contributed by atoms with Crippen molar-refractivity contribution in [1.82, 2.24) is 20.1 Å². The summed E-state index contributed by atoms with van der Waals surface area (Å²) in [6.07, 6.45) is 6.10. The topological polar surface area (TPSA) is 59.8 Å². The van der Waals surface area contributed by atoms with Gasteiger partial charge in [-0.25, -0.2) is 0 Å². The summed E-state index contributed by atoms with van der Waals surface area (Å²) in [6.45, 7) is 4.92. The molecule has 0 spiro atoms. The van der Waals surface area contributed by atoms with E-state index in [1.165, 1.54) is 0 Å². The van der Waals surface area contributed by atoms with Crippen LogP contribution >= 0.6 is 0 Å². The molecule has 5 nitrogen and oxygen atoms in total. The first-order chi connectivity index (χ1) is 12.2. The van der Waals surface area contributed by atoms with Gasteiger partial charge in [-0.1, -0.05) is 42.8 Å². The Morgan fingerprint density at radius 1 is 1.24 bits per heavy atom. The summed E-state index contributed by atoms with van der Waals surface area (Å²) in [5.74, 6) is -0.153. The highest BCUT2D eigenvalue weighted by Crippen LogP contribution is 2.21. The second-order valence-electron chi connectivity index (χ2n) is 6.07. The van der Waals surface area contributed by atoms with Crippen LogP contribution in [0.4, 0.5) is 0 Å². The zero-order valence-electron chi connectivity index (χ0n) is 14.5. The van der Waals surface area contributed by atoms with Gasteiger partial charge in [0.05, 0.1) is 23.5 Å². The minimum absolute atomic E-state index is 0.153. The Morgan fingerprint density at radius 2 is 2.12 bits per heavy atom. The molecule has 0 fully saturated rings. The van der Waals surface area contributed by atoms with Gasteiger partial charge in [-0.05, 0) is 31.0 Å². The molecule has 1 atom stereocenters. The lowest BCUT2D eigenvalue weighted by atomic mass is 10.0. The van der Waals surface area contributed by atoms with Crippen molar-refractivity contribution in [2.75, 3.05) is 0 Å². The molecule has 0 aliphatic carbocycles. The van der Waals surface area contributed by atoms with Crippen LogP contribution in [0, 0.1) is 6.92 Å². The van der Waals surface area contributed by atoms with Gasteiger partial charge in [-0.2, -0.15) is 5.10 Å². The third-order valence-electron chi connectivity index (χ3n) is 3.98. The highest BCUT2D eigenvalue weighted by molar-refractivity contribution is 5.94. The van der Waals surface area contributed by atoms with E-state index >= 15 is 0 Å². The lowest BCUT2D eigenvalue weighted by Crippen LogP contribution is -2.29. The van der Waals surface area contributed by atoms with Crippen LogP contribution in [0.2, 0.25) is 0 Å². The quantitative estimate of drug-likeness (QED) is 0.750. The van der Waals surface area contributed by atoms with Gasteiger partial charge in [-0.15, -0.1) is 0 Å². The molecular formula is C20H22N4O. The van der Waals surface area contributed by atoms with Gasteiger partial charge in [0.2, 0.25) is 0 Å². The minimum atomic E-state index is -0.303. The van der Waals surface area contributed by atoms with E-state index in [9.17, 15) is 4.79 Å². The Balaban J connectivity index is 1.88. The molecule has 1 amide bonds. The third kappa shape index (κ3) is 4.12. The van der Waals surface area contributed by atoms with E-state index in [4.69, 9.17) is 0 Å². The highest BCUT2D eigenvalue weighted by atomic mass is 16.1. The Labute approximate surface area is 147 Å². The molecule has 0 radical (unpaired) electrons. The minimum Gasteiger partial charge on any atom is -0.339 e. The normalized spacial score (nSPS) is 11.9. The fourth-order valence-corrected chi connectivity index (χ4v) is 2.77. The largest absolute Gasteiger partial charge is 0.339 e. The summed E-state index contributed by atoms with van der Waals surface area (Å²) in [6, 6.07) is 13.5. The fraction of sp³-hybridized carbons (Fsp3) is 0.250. The first-order valence-corrected chi connectivity index (χ1v) is 8.48. The van der Waals surface area contributed by atoms with Gasteiger partial charge >= 0.3 is 0 Å². The molecule has 2 heterocycles. The number of aryl methyl sites for hydroxylation is 2. The van der Waals surface area contributed by atoms with Crippen molar-refractivity contribution < 1.29 is 4.79 Å². The van der Waals surface area contributed by atoms with E-state index in [2.05, 4.69) is 28.4 Å². The van der Waals surface area contributed by atoms with Crippen molar-refractivity contribution >= 4 is 5.91 Å². The fourth-order valence-electron chi connectivity index (χ4n) is 2.77. The molecular weight excluding hydrogens is 312 g/mol. The standard InChI is InChI=1S/C20H22N4O/c1-3-11-24-14-17(13-22-24)20(25)23-19(18-9-4-5-10-21-18)16-8-6-7-15(2)12-16/h4-10,12-14,19H,3,11H2,1-2H3,(H,23,25)/t19-/m1/s1. The zero-order valence-corrected chi connectivity index (χ0v) is 14.5. The van der Waals surface area contributed by atoms with Crippen molar-refractivity contribution in [3.05, 3.63) is 83.4 Å². The number of nitrogens with one attached hydrogen (secondary N) is 1. The van der Waals surface area contributed by atoms with Gasteiger partial charge in [0.1, 0.15) is 0 Å². The molecule has 1 aromatic carbocycles. The van der Waals surface area contributed by atoms with Crippen molar-refractivity contribution in [3.8, 4) is 0 Å². The van der Waals surface area contributed by atoms with Crippen LogP contribution in [0.15, 0.2) is 61.1 Å². The predicted molar refractivity (Wildman–Crippen MR) is 97.2 cm³/mol. The highest BCUT2D eigenvalue weighted by Gasteiger charge is 2.20. The summed E-state index contributed by atoms with van der Waals surface area (Å²) >= 11 is 0. The number of rotatable bonds is 6. The van der Waals surface area contributed by atoms with Crippen LogP contribution in [0.1, 0.15) is 46.6 Å². The summed E-state index contributed by atoms with van der Waals surface area (Å²) in [7, 11) is 0. The van der Waals surface area contributed by atoms with E-state index in [1.807, 2.05) is 43.3 Å². The molecule has 5 heteroatoms. The molecule has 0 saturated carbocycles. The summed E-state index contributed by atoms with van der Waals surface area (Å²) in [5, 5.41) is 7.33. The average Bonchev–Trinajstić information content (AvgIpc) is 3.09. The van der Waals surface area contributed by atoms with Crippen LogP contribution in [0.3, 0.4) is 0 Å². The first kappa shape index (κ1) is 16.9. The Hall–Kier alpha value is -2.95. The van der Waals surface area contributed by atoms with E-state index in [-0.39, 0.29) is 11.9 Å². The number of hydrogen-bond donors (Lipinski definition) is 1. The number of nitrogens with zero attached hydrogens (tertiary/aromatic N) is 3. The van der Waals surface area contributed by atoms with Crippen LogP contribution in [0.5, 0.6) is 0 Å². The van der Waals surface area contributed by atoms with Crippen molar-refractivity contribution in [2.24, 2.45) is 0 Å². The van der Waals surface area contributed by atoms with Gasteiger partial charge in [0.15, 0.2) is 0 Å². The van der Waals surface area contributed by atoms with Gasteiger partial charge in [0.25, 0.3) is 5.91 Å². The summed E-state index contributed by atoms with van der Waals surface area (Å²) < 4.78 is 1.79. The second-order valence-corrected chi connectivity index (χ2v) is 6.07. The van der Waals surface area contributed by atoms with E-state index in [0.29, 0.717) is 5.56 Å². The number of benzene rings is 1. The Kier molecular flexibility index (Phi) is 5.23. The Bertz CT molecular complexity index is 842. The molecule has 1 N–H and O–H groups in total. The maximum Gasteiger partial charge on any atom is 0.255 e. The van der Waals surface area contributed by atoms with Crippen molar-refractivity contribution in [1.29, 1.82) is 0 Å². The second kappa shape index (κ2) is 7.75. The number of pyridine rings is 1. The van der Waals surface area contributed by atoms with Crippen LogP contribution in [-0.4, -0.2) is 20.7 Å². The number of amides is 1. The number of hydrogen-bond acceptors (Lipinski definition) is 3. The van der Waals surface area contributed by atoms with E-state index in [1.54, 1.807) is 23.3 Å². The molecule has 25 heavy (non-hydrogen) atoms. The van der Waals surface area contributed by atoms with Gasteiger partial charge < -0.3 is 5.32 Å². The summed E-state index contributed by atoms with van der Waals surface area (Å²) in [5.41, 5.74) is 3.51.